The fourth-order valence-electron chi connectivity index (χ4n) is 11.2. The molecule has 20 nitrogen and oxygen atoms in total. The third-order valence-electron chi connectivity index (χ3n) is 16.3. The fourth-order valence-corrected chi connectivity index (χ4v) is 13.5. The van der Waals surface area contributed by atoms with E-state index < -0.39 is 46.3 Å². The lowest BCUT2D eigenvalue weighted by molar-refractivity contribution is -0.145. The van der Waals surface area contributed by atoms with Crippen LogP contribution >= 0.6 is 22.9 Å². The average Bonchev–Trinajstić information content (AvgIpc) is 1.68. The van der Waals surface area contributed by atoms with Gasteiger partial charge in [-0.3, -0.25) is 4.18 Å². The second kappa shape index (κ2) is 33.9. The van der Waals surface area contributed by atoms with Gasteiger partial charge in [0.05, 0.1) is 80.4 Å². The Bertz CT molecular complexity index is 4660. The van der Waals surface area contributed by atoms with Crippen molar-refractivity contribution in [3.63, 3.8) is 0 Å². The topological polar surface area (TPSA) is 245 Å². The lowest BCUT2D eigenvalue weighted by Crippen LogP contribution is -2.39. The Morgan fingerprint density at radius 1 is 0.653 bits per heavy atom. The van der Waals surface area contributed by atoms with E-state index in [2.05, 4.69) is 15.0 Å². The summed E-state index contributed by atoms with van der Waals surface area (Å²) in [6.07, 6.45) is -0.321. The molecule has 8 aromatic carbocycles. The molecule has 2 N–H and O–H groups in total. The molecule has 0 unspecified atom stereocenters. The maximum Gasteiger partial charge on any atom is 0.345 e. The SMILES string of the molecule is COCCOCCOCCOc1ccccc1-c1nccc(COc2ccc(O)cc2C[C@@H](Oc2ncnc3sc(-c4ccc(F)cc4)c(-c4ccc(O[C@H](COC(c5ccccc5)(c5ccc(OC)cc5)c5ccc(OC)cc5)COS(=O)(=O)c5ccc(C)cc5)c(Cl)c4C)c23)C(=O)O)n1. The van der Waals surface area contributed by atoms with E-state index in [4.69, 9.17) is 68.1 Å². The van der Waals surface area contributed by atoms with E-state index in [-0.39, 0.29) is 64.9 Å². The van der Waals surface area contributed by atoms with Crippen molar-refractivity contribution in [2.24, 2.45) is 0 Å². The molecule has 0 bridgehead atoms. The van der Waals surface area contributed by atoms with E-state index in [9.17, 15) is 27.8 Å². The molecule has 0 radical (unpaired) electrons. The van der Waals surface area contributed by atoms with E-state index in [0.717, 1.165) is 11.1 Å². The molecule has 0 amide bonds. The van der Waals surface area contributed by atoms with Crippen molar-refractivity contribution < 1.29 is 79.4 Å². The Kier molecular flexibility index (Phi) is 24.2. The number of aliphatic carboxylic acids is 1. The largest absolute Gasteiger partial charge is 0.508 e. The Hall–Kier alpha value is -10.1. The number of phenolic OH excluding ortho intramolecular Hbond substituents is 1. The van der Waals surface area contributed by atoms with Crippen molar-refractivity contribution in [3.05, 3.63) is 250 Å². The standard InChI is InChI=1S/C77H72ClFN4O16S2/c1-49-15-30-62(31-16-49)101(87,88)97-47-61(46-96-77(53-11-7-6-8-12-53,54-19-26-59(90-4)27-20-54)55-21-28-60(91-5)29-22-55)98-67-34-32-63(50(2)71(67)78)69-70-74(81-48-82-75(70)100-72(69)51-17-23-56(79)24-18-51)99-68(76(85)86)44-52-43-58(84)25-33-65(52)95-45-57-35-36-80-73(83-57)64-13-9-10-14-66(64)94-42-41-93-40-39-92-38-37-89-3/h6-36,43,48,61,68,84H,37-42,44-47H2,1-5H3,(H,85,86)/t61-,68-/m1/s1. The Morgan fingerprint density at radius 3 is 1.99 bits per heavy atom. The zero-order valence-corrected chi connectivity index (χ0v) is 58.1. The first-order valence-corrected chi connectivity index (χ1v) is 34.6. The molecule has 0 fully saturated rings. The van der Waals surface area contributed by atoms with Crippen LogP contribution in [0, 0.1) is 19.7 Å². The van der Waals surface area contributed by atoms with Gasteiger partial charge >= 0.3 is 5.97 Å². The highest BCUT2D eigenvalue weighted by Crippen LogP contribution is 2.50. The summed E-state index contributed by atoms with van der Waals surface area (Å²) in [6.45, 7) is 5.06. The Balaban J connectivity index is 0.899. The number of phenols is 1. The molecular formula is C77H72ClFN4O16S2. The molecule has 11 aromatic rings. The van der Waals surface area contributed by atoms with Crippen molar-refractivity contribution >= 4 is 49.2 Å². The lowest BCUT2D eigenvalue weighted by Gasteiger charge is -2.37. The number of fused-ring (bicyclic) bond motifs is 1. The van der Waals surface area contributed by atoms with Crippen LogP contribution in [0.15, 0.2) is 205 Å². The summed E-state index contributed by atoms with van der Waals surface area (Å²) < 4.78 is 109. The smallest absolute Gasteiger partial charge is 0.345 e. The minimum Gasteiger partial charge on any atom is -0.508 e. The number of aromatic nitrogens is 4. The summed E-state index contributed by atoms with van der Waals surface area (Å²) in [5, 5.41) is 22.3. The maximum atomic E-state index is 14.8. The highest BCUT2D eigenvalue weighted by atomic mass is 35.5. The number of hydrogen-bond donors (Lipinski definition) is 2. The molecule has 522 valence electrons. The van der Waals surface area contributed by atoms with Gasteiger partial charge in [-0.05, 0) is 138 Å². The number of aromatic hydroxyl groups is 1. The molecule has 3 heterocycles. The Morgan fingerprint density at radius 2 is 1.31 bits per heavy atom. The van der Waals surface area contributed by atoms with Gasteiger partial charge in [0.25, 0.3) is 10.1 Å². The monoisotopic (exact) mass is 1430 g/mol. The van der Waals surface area contributed by atoms with Gasteiger partial charge in [-0.1, -0.05) is 114 Å². The summed E-state index contributed by atoms with van der Waals surface area (Å²) >= 11 is 8.74. The number of methoxy groups -OCH3 is 3. The summed E-state index contributed by atoms with van der Waals surface area (Å²) in [6, 6.07) is 53.3. The van der Waals surface area contributed by atoms with E-state index in [1.807, 2.05) is 110 Å². The predicted octanol–water partition coefficient (Wildman–Crippen LogP) is 14.5. The molecular weight excluding hydrogens is 1360 g/mol. The fraction of sp³-hybridized carbons (Fsp3) is 0.234. The van der Waals surface area contributed by atoms with Crippen LogP contribution in [0.4, 0.5) is 4.39 Å². The number of aryl methyl sites for hydroxylation is 1. The van der Waals surface area contributed by atoms with E-state index in [1.54, 1.807) is 76.9 Å². The minimum atomic E-state index is -4.38. The molecule has 3 aromatic heterocycles. The zero-order valence-electron chi connectivity index (χ0n) is 55.7. The lowest BCUT2D eigenvalue weighted by atomic mass is 9.80. The van der Waals surface area contributed by atoms with E-state index in [0.29, 0.717) is 116 Å². The second-order valence-electron chi connectivity index (χ2n) is 23.0. The van der Waals surface area contributed by atoms with Crippen LogP contribution in [0.1, 0.15) is 39.1 Å². The molecule has 0 aliphatic rings. The van der Waals surface area contributed by atoms with Crippen LogP contribution in [0.25, 0.3) is 43.2 Å². The number of carbonyl (C=O) groups is 1. The highest BCUT2D eigenvalue weighted by molar-refractivity contribution is 7.86. The predicted molar refractivity (Wildman–Crippen MR) is 380 cm³/mol. The summed E-state index contributed by atoms with van der Waals surface area (Å²) in [5.41, 5.74) is 4.99. The summed E-state index contributed by atoms with van der Waals surface area (Å²) in [5.74, 6) is 0.352. The first-order valence-electron chi connectivity index (χ1n) is 32.0. The number of hydrogen-bond acceptors (Lipinski definition) is 20. The third kappa shape index (κ3) is 17.6. The highest BCUT2D eigenvalue weighted by Gasteiger charge is 2.40. The van der Waals surface area contributed by atoms with E-state index in [1.165, 1.54) is 60.1 Å². The van der Waals surface area contributed by atoms with Gasteiger partial charge in [0.1, 0.15) is 83.0 Å². The minimum absolute atomic E-state index is 0.0680. The number of nitrogens with zero attached hydrogens (tertiary/aromatic N) is 4. The molecule has 0 saturated carbocycles. The third-order valence-corrected chi connectivity index (χ3v) is 19.2. The number of carboxylic acid groups (broad SMARTS) is 1. The van der Waals surface area contributed by atoms with Crippen molar-refractivity contribution in [1.29, 1.82) is 0 Å². The number of para-hydroxylation sites is 1. The van der Waals surface area contributed by atoms with Crippen LogP contribution < -0.4 is 28.4 Å². The maximum absolute atomic E-state index is 14.8. The summed E-state index contributed by atoms with van der Waals surface area (Å²) in [7, 11) is 0.384. The molecule has 0 spiro atoms. The van der Waals surface area contributed by atoms with Crippen LogP contribution in [-0.4, -0.2) is 131 Å². The van der Waals surface area contributed by atoms with Gasteiger partial charge < -0.3 is 57.6 Å². The van der Waals surface area contributed by atoms with Crippen molar-refractivity contribution in [2.75, 3.05) is 74.2 Å². The molecule has 0 saturated heterocycles. The molecule has 11 rings (SSSR count). The first-order chi connectivity index (χ1) is 49.0. The summed E-state index contributed by atoms with van der Waals surface area (Å²) in [4.78, 5) is 32.9. The molecule has 101 heavy (non-hydrogen) atoms. The van der Waals surface area contributed by atoms with Gasteiger partial charge in [0, 0.05) is 35.7 Å². The van der Waals surface area contributed by atoms with Crippen molar-refractivity contribution in [3.8, 4) is 73.3 Å². The first kappa shape index (κ1) is 72.2. The molecule has 0 aliphatic carbocycles. The van der Waals surface area contributed by atoms with Crippen LogP contribution in [-0.2, 0) is 56.7 Å². The number of ether oxygens (including phenoxy) is 10. The van der Waals surface area contributed by atoms with Gasteiger partial charge in [-0.2, -0.15) is 8.42 Å². The van der Waals surface area contributed by atoms with Gasteiger partial charge in [0.15, 0.2) is 5.82 Å². The van der Waals surface area contributed by atoms with Gasteiger partial charge in [0.2, 0.25) is 12.0 Å². The zero-order chi connectivity index (χ0) is 70.9. The van der Waals surface area contributed by atoms with Gasteiger partial charge in [-0.25, -0.2) is 29.1 Å². The van der Waals surface area contributed by atoms with Crippen LogP contribution in [0.3, 0.4) is 0 Å². The molecule has 2 atom stereocenters. The van der Waals surface area contributed by atoms with Gasteiger partial charge in [-0.15, -0.1) is 11.3 Å². The number of halogens is 2. The number of thiophene rings is 1. The van der Waals surface area contributed by atoms with Crippen LogP contribution in [0.2, 0.25) is 5.02 Å². The number of benzene rings is 8. The van der Waals surface area contributed by atoms with Crippen molar-refractivity contribution in [2.45, 2.75) is 49.6 Å². The van der Waals surface area contributed by atoms with Crippen molar-refractivity contribution in [1.82, 2.24) is 19.9 Å². The second-order valence-corrected chi connectivity index (χ2v) is 26.0. The Labute approximate surface area is 592 Å². The van der Waals surface area contributed by atoms with Crippen LogP contribution in [0.5, 0.6) is 40.4 Å². The quantitative estimate of drug-likeness (QED) is 0.0213. The number of rotatable bonds is 35. The number of carboxylic acids is 1. The average molecular weight is 1430 g/mol. The normalized spacial score (nSPS) is 12.2. The van der Waals surface area contributed by atoms with E-state index >= 15 is 0 Å². The molecule has 24 heteroatoms. The molecule has 0 aliphatic heterocycles.